The predicted molar refractivity (Wildman–Crippen MR) is 130 cm³/mol. The van der Waals surface area contributed by atoms with Crippen LogP contribution in [0.4, 0.5) is 13.2 Å². The van der Waals surface area contributed by atoms with E-state index in [0.717, 1.165) is 12.1 Å². The Kier molecular flexibility index (Phi) is 6.47. The molecule has 196 valence electrons. The van der Waals surface area contributed by atoms with Crippen LogP contribution in [0.3, 0.4) is 0 Å². The first-order valence-corrected chi connectivity index (χ1v) is 11.8. The van der Waals surface area contributed by atoms with E-state index in [9.17, 15) is 27.9 Å². The summed E-state index contributed by atoms with van der Waals surface area (Å²) in [6.07, 6.45) is 4.83. The number of pyridine rings is 1. The van der Waals surface area contributed by atoms with Crippen LogP contribution in [0, 0.1) is 17.5 Å². The van der Waals surface area contributed by atoms with Crippen LogP contribution >= 0.6 is 0 Å². The maximum atomic E-state index is 14.3. The highest BCUT2D eigenvalue weighted by Gasteiger charge is 2.35. The van der Waals surface area contributed by atoms with Crippen LogP contribution < -0.4 is 5.56 Å². The molecule has 12 heteroatoms. The molecular formula is C26H23F3N6O3. The molecule has 1 N–H and O–H groups in total. The van der Waals surface area contributed by atoms with E-state index in [0.29, 0.717) is 18.1 Å². The molecule has 4 aromatic rings. The number of aromatic nitrogens is 5. The highest BCUT2D eigenvalue weighted by Crippen LogP contribution is 2.33. The normalized spacial score (nSPS) is 16.1. The predicted octanol–water partition coefficient (Wildman–Crippen LogP) is 3.40. The molecule has 1 unspecified atom stereocenters. The molecule has 5 rings (SSSR count). The summed E-state index contributed by atoms with van der Waals surface area (Å²) in [4.78, 5) is 36.1. The quantitative estimate of drug-likeness (QED) is 0.429. The minimum atomic E-state index is -0.979. The Morgan fingerprint density at radius 2 is 1.92 bits per heavy atom. The van der Waals surface area contributed by atoms with Gasteiger partial charge in [-0.05, 0) is 43.2 Å². The Bertz CT molecular complexity index is 1580. The third kappa shape index (κ3) is 4.53. The van der Waals surface area contributed by atoms with E-state index in [4.69, 9.17) is 0 Å². The van der Waals surface area contributed by atoms with Crippen LogP contribution in [0.5, 0.6) is 5.88 Å². The molecule has 0 radical (unpaired) electrons. The number of aromatic hydroxyl groups is 1. The van der Waals surface area contributed by atoms with E-state index in [1.807, 2.05) is 0 Å². The van der Waals surface area contributed by atoms with Crippen molar-refractivity contribution < 1.29 is 23.1 Å². The Morgan fingerprint density at radius 1 is 1.18 bits per heavy atom. The molecule has 4 heterocycles. The summed E-state index contributed by atoms with van der Waals surface area (Å²) in [5, 5.41) is 15.4. The zero-order valence-corrected chi connectivity index (χ0v) is 20.5. The molecule has 9 nitrogen and oxygen atoms in total. The second-order valence-electron chi connectivity index (χ2n) is 9.20. The molecule has 1 saturated heterocycles. The molecule has 2 atom stereocenters. The molecule has 1 aromatic carbocycles. The number of halogens is 3. The molecular weight excluding hydrogens is 501 g/mol. The Hall–Kier alpha value is -4.48. The molecule has 0 aliphatic carbocycles. The largest absolute Gasteiger partial charge is 0.494 e. The summed E-state index contributed by atoms with van der Waals surface area (Å²) in [5.74, 6) is -4.07. The summed E-state index contributed by atoms with van der Waals surface area (Å²) in [7, 11) is 1.64. The first-order valence-electron chi connectivity index (χ1n) is 11.8. The lowest BCUT2D eigenvalue weighted by atomic mass is 10.0. The van der Waals surface area contributed by atoms with Crippen molar-refractivity contribution in [2.75, 3.05) is 13.1 Å². The maximum absolute atomic E-state index is 14.3. The van der Waals surface area contributed by atoms with Crippen LogP contribution in [0.25, 0.3) is 11.4 Å². The number of aryl methyl sites for hydroxylation is 1. The number of hydrogen-bond donors (Lipinski definition) is 1. The molecule has 1 fully saturated rings. The van der Waals surface area contributed by atoms with Crippen molar-refractivity contribution in [2.24, 2.45) is 7.05 Å². The van der Waals surface area contributed by atoms with E-state index < -0.39 is 46.4 Å². The number of carbonyl (C=O) groups excluding carboxylic acids is 1. The third-order valence-corrected chi connectivity index (χ3v) is 6.68. The van der Waals surface area contributed by atoms with Gasteiger partial charge in [-0.2, -0.15) is 10.1 Å². The summed E-state index contributed by atoms with van der Waals surface area (Å²) in [6.45, 7) is 1.83. The average molecular weight is 525 g/mol. The van der Waals surface area contributed by atoms with Crippen molar-refractivity contribution >= 4 is 5.91 Å². The number of carbonyl (C=O) groups is 1. The van der Waals surface area contributed by atoms with Gasteiger partial charge in [-0.15, -0.1) is 0 Å². The number of likely N-dealkylation sites (tertiary alicyclic amines) is 1. The van der Waals surface area contributed by atoms with Gasteiger partial charge in [0.25, 0.3) is 11.5 Å². The number of benzene rings is 1. The highest BCUT2D eigenvalue weighted by atomic mass is 19.1. The van der Waals surface area contributed by atoms with E-state index in [1.165, 1.54) is 38.7 Å². The van der Waals surface area contributed by atoms with Crippen molar-refractivity contribution in [3.05, 3.63) is 93.5 Å². The van der Waals surface area contributed by atoms with Crippen molar-refractivity contribution in [3.63, 3.8) is 0 Å². The Balaban J connectivity index is 1.59. The summed E-state index contributed by atoms with van der Waals surface area (Å²) in [6, 6.07) is 4.71. The fourth-order valence-electron chi connectivity index (χ4n) is 4.81. The van der Waals surface area contributed by atoms with Crippen LogP contribution in [0.15, 0.2) is 53.7 Å². The molecule has 1 aliphatic rings. The van der Waals surface area contributed by atoms with Crippen molar-refractivity contribution in [3.8, 4) is 17.3 Å². The number of amides is 1. The van der Waals surface area contributed by atoms with Crippen LogP contribution in [-0.4, -0.2) is 53.3 Å². The van der Waals surface area contributed by atoms with Crippen molar-refractivity contribution in [2.45, 2.75) is 25.3 Å². The van der Waals surface area contributed by atoms with Gasteiger partial charge in [0.1, 0.15) is 17.5 Å². The van der Waals surface area contributed by atoms with E-state index in [-0.39, 0.29) is 36.1 Å². The Labute approximate surface area is 214 Å². The topological polar surface area (TPSA) is 106 Å². The van der Waals surface area contributed by atoms with Gasteiger partial charge >= 0.3 is 0 Å². The molecule has 0 spiro atoms. The van der Waals surface area contributed by atoms with Crippen LogP contribution in [0.1, 0.15) is 46.9 Å². The monoisotopic (exact) mass is 524 g/mol. The smallest absolute Gasteiger partial charge is 0.290 e. The molecule has 0 saturated carbocycles. The van der Waals surface area contributed by atoms with E-state index >= 15 is 0 Å². The van der Waals surface area contributed by atoms with Crippen LogP contribution in [-0.2, 0) is 7.05 Å². The minimum absolute atomic E-state index is 0.0378. The second-order valence-corrected chi connectivity index (χ2v) is 9.20. The van der Waals surface area contributed by atoms with Crippen molar-refractivity contribution in [1.29, 1.82) is 0 Å². The molecule has 38 heavy (non-hydrogen) atoms. The Morgan fingerprint density at radius 3 is 2.58 bits per heavy atom. The number of hydrogen-bond acceptors (Lipinski definition) is 6. The average Bonchev–Trinajstić information content (AvgIpc) is 3.52. The van der Waals surface area contributed by atoms with Crippen LogP contribution in [0.2, 0.25) is 0 Å². The van der Waals surface area contributed by atoms with Crippen molar-refractivity contribution in [1.82, 2.24) is 29.2 Å². The fourth-order valence-corrected chi connectivity index (χ4v) is 4.81. The van der Waals surface area contributed by atoms with Gasteiger partial charge in [0.15, 0.2) is 11.4 Å². The van der Waals surface area contributed by atoms with Gasteiger partial charge < -0.3 is 10.0 Å². The first-order chi connectivity index (χ1) is 18.1. The van der Waals surface area contributed by atoms with E-state index in [2.05, 4.69) is 15.1 Å². The van der Waals surface area contributed by atoms with Gasteiger partial charge in [0, 0.05) is 44.5 Å². The molecule has 3 aromatic heterocycles. The molecule has 1 amide bonds. The third-order valence-electron chi connectivity index (χ3n) is 6.68. The maximum Gasteiger partial charge on any atom is 0.290 e. The number of rotatable bonds is 5. The lowest BCUT2D eigenvalue weighted by Gasteiger charge is -2.24. The van der Waals surface area contributed by atoms with Gasteiger partial charge in [-0.1, -0.05) is 0 Å². The lowest BCUT2D eigenvalue weighted by Crippen LogP contribution is -2.35. The zero-order chi connectivity index (χ0) is 27.1. The zero-order valence-electron chi connectivity index (χ0n) is 20.5. The van der Waals surface area contributed by atoms with Gasteiger partial charge in [0.2, 0.25) is 5.88 Å². The van der Waals surface area contributed by atoms with Gasteiger partial charge in [0.05, 0.1) is 23.5 Å². The summed E-state index contributed by atoms with van der Waals surface area (Å²) < 4.78 is 44.9. The lowest BCUT2D eigenvalue weighted by molar-refractivity contribution is 0.0783. The van der Waals surface area contributed by atoms with Gasteiger partial charge in [-0.3, -0.25) is 23.8 Å². The second kappa shape index (κ2) is 9.77. The SMILES string of the molecule is C[C@@H](c1cc(F)cc(F)c1)n1c(-c2cnn(C)c2)nc(=O)c(C(=O)N2CCC(c3ncccc3F)C2)c1O. The number of nitrogens with zero attached hydrogens (tertiary/aromatic N) is 6. The fraction of sp³-hybridized carbons (Fsp3) is 0.269. The minimum Gasteiger partial charge on any atom is -0.494 e. The highest BCUT2D eigenvalue weighted by molar-refractivity contribution is 5.96. The van der Waals surface area contributed by atoms with E-state index in [1.54, 1.807) is 20.2 Å². The first kappa shape index (κ1) is 25.2. The standard InChI is InChI=1S/C26H23F3N6O3/c1-14(16-8-18(27)10-19(28)9-16)35-23(17-11-31-33(2)12-17)32-24(36)21(26(35)38)25(37)34-7-5-15(13-34)22-20(29)4-3-6-30-22/h3-4,6,8-12,14-15,38H,5,7,13H2,1-2H3/t14-,15?/m0/s1. The summed E-state index contributed by atoms with van der Waals surface area (Å²) in [5.41, 5.74) is -0.874. The van der Waals surface area contributed by atoms with Gasteiger partial charge in [-0.25, -0.2) is 13.2 Å². The summed E-state index contributed by atoms with van der Waals surface area (Å²) >= 11 is 0. The molecule has 1 aliphatic heterocycles. The molecule has 0 bridgehead atoms.